The first-order valence-corrected chi connectivity index (χ1v) is 11.3. The number of nitrogens with one attached hydrogen (secondary N) is 2. The highest BCUT2D eigenvalue weighted by atomic mass is 35.5. The maximum absolute atomic E-state index is 13.1. The number of ether oxygens (including phenoxy) is 3. The van der Waals surface area contributed by atoms with Crippen LogP contribution in [0.15, 0.2) is 54.7 Å². The highest BCUT2D eigenvalue weighted by molar-refractivity contribution is 6.34. The number of amides is 2. The van der Waals surface area contributed by atoms with Gasteiger partial charge in [0.15, 0.2) is 11.5 Å². The largest absolute Gasteiger partial charge is 0.493 e. The number of benzene rings is 3. The standard InChI is InChI=1S/C27H26ClN3O4/c1-15-10-16(2)25-19(11-15)24(18-8-6-7-9-20(18)28)21(14-29-25)31-27(32)30-17-12-22(33-3)26(35-5)23(13-17)34-4/h6-14H,1-5H3,(H2,30,31,32). The lowest BCUT2D eigenvalue weighted by molar-refractivity contribution is 0.262. The van der Waals surface area contributed by atoms with E-state index in [-0.39, 0.29) is 0 Å². The van der Waals surface area contributed by atoms with E-state index in [1.54, 1.807) is 18.3 Å². The third-order valence-corrected chi connectivity index (χ3v) is 5.95. The van der Waals surface area contributed by atoms with Crippen LogP contribution in [0.1, 0.15) is 11.1 Å². The van der Waals surface area contributed by atoms with Gasteiger partial charge in [0.2, 0.25) is 5.75 Å². The Kier molecular flexibility index (Phi) is 6.98. The van der Waals surface area contributed by atoms with Crippen molar-refractivity contribution < 1.29 is 19.0 Å². The number of aromatic nitrogens is 1. The van der Waals surface area contributed by atoms with Crippen LogP contribution in [0.2, 0.25) is 5.02 Å². The quantitative estimate of drug-likeness (QED) is 0.308. The summed E-state index contributed by atoms with van der Waals surface area (Å²) in [7, 11) is 4.55. The minimum atomic E-state index is -0.460. The van der Waals surface area contributed by atoms with Crippen molar-refractivity contribution in [1.82, 2.24) is 4.98 Å². The number of hydrogen-bond donors (Lipinski definition) is 2. The van der Waals surface area contributed by atoms with Crippen molar-refractivity contribution >= 4 is 39.9 Å². The summed E-state index contributed by atoms with van der Waals surface area (Å²) in [6, 6.07) is 14.5. The summed E-state index contributed by atoms with van der Waals surface area (Å²) in [5.41, 5.74) is 5.58. The van der Waals surface area contributed by atoms with Gasteiger partial charge in [-0.3, -0.25) is 4.98 Å². The molecule has 0 aliphatic rings. The van der Waals surface area contributed by atoms with Gasteiger partial charge in [-0.05, 0) is 31.5 Å². The summed E-state index contributed by atoms with van der Waals surface area (Å²) >= 11 is 6.58. The summed E-state index contributed by atoms with van der Waals surface area (Å²) in [4.78, 5) is 17.7. The molecule has 2 N–H and O–H groups in total. The molecule has 0 saturated heterocycles. The minimum Gasteiger partial charge on any atom is -0.493 e. The molecule has 8 heteroatoms. The predicted molar refractivity (Wildman–Crippen MR) is 140 cm³/mol. The number of anilines is 2. The molecular weight excluding hydrogens is 466 g/mol. The van der Waals surface area contributed by atoms with Crippen LogP contribution in [-0.2, 0) is 0 Å². The van der Waals surface area contributed by atoms with E-state index in [1.807, 2.05) is 38.1 Å². The molecule has 0 spiro atoms. The zero-order valence-corrected chi connectivity index (χ0v) is 20.9. The fourth-order valence-corrected chi connectivity index (χ4v) is 4.38. The second-order valence-corrected chi connectivity index (χ2v) is 8.41. The number of urea groups is 1. The Morgan fingerprint density at radius 1 is 0.914 bits per heavy atom. The van der Waals surface area contributed by atoms with Gasteiger partial charge in [0.05, 0.1) is 44.4 Å². The number of carbonyl (C=O) groups excluding carboxylic acids is 1. The Morgan fingerprint density at radius 3 is 2.23 bits per heavy atom. The average Bonchev–Trinajstić information content (AvgIpc) is 2.83. The zero-order chi connectivity index (χ0) is 25.1. The van der Waals surface area contributed by atoms with Gasteiger partial charge in [-0.15, -0.1) is 0 Å². The molecular formula is C27H26ClN3O4. The SMILES string of the molecule is COc1cc(NC(=O)Nc2cnc3c(C)cc(C)cc3c2-c2ccccc2Cl)cc(OC)c1OC. The van der Waals surface area contributed by atoms with Crippen molar-refractivity contribution in [2.45, 2.75) is 13.8 Å². The third kappa shape index (κ3) is 4.81. The lowest BCUT2D eigenvalue weighted by Crippen LogP contribution is -2.20. The molecule has 1 heterocycles. The maximum Gasteiger partial charge on any atom is 0.323 e. The van der Waals surface area contributed by atoms with Gasteiger partial charge in [-0.1, -0.05) is 41.4 Å². The Hall–Kier alpha value is -3.97. The Labute approximate surface area is 209 Å². The smallest absolute Gasteiger partial charge is 0.323 e. The van der Waals surface area contributed by atoms with Crippen LogP contribution in [0.25, 0.3) is 22.0 Å². The summed E-state index contributed by atoms with van der Waals surface area (Å²) in [5, 5.41) is 7.24. The average molecular weight is 492 g/mol. The lowest BCUT2D eigenvalue weighted by atomic mass is 9.96. The number of pyridine rings is 1. The first-order chi connectivity index (χ1) is 16.9. The van der Waals surface area contributed by atoms with Crippen molar-refractivity contribution in [3.8, 4) is 28.4 Å². The minimum absolute atomic E-state index is 0.428. The summed E-state index contributed by atoms with van der Waals surface area (Å²) in [5.74, 6) is 1.29. The monoisotopic (exact) mass is 491 g/mol. The highest BCUT2D eigenvalue weighted by Crippen LogP contribution is 2.41. The van der Waals surface area contributed by atoms with Gasteiger partial charge in [-0.25, -0.2) is 4.79 Å². The number of halogens is 1. The number of aryl methyl sites for hydroxylation is 2. The Morgan fingerprint density at radius 2 is 1.60 bits per heavy atom. The molecule has 0 saturated carbocycles. The van der Waals surface area contributed by atoms with Crippen molar-refractivity contribution in [3.63, 3.8) is 0 Å². The number of carbonyl (C=O) groups is 1. The Balaban J connectivity index is 1.77. The molecule has 180 valence electrons. The number of methoxy groups -OCH3 is 3. The van der Waals surface area contributed by atoms with Gasteiger partial charge >= 0.3 is 6.03 Å². The molecule has 2 amide bonds. The van der Waals surface area contributed by atoms with E-state index in [4.69, 9.17) is 25.8 Å². The second kappa shape index (κ2) is 10.1. The van der Waals surface area contributed by atoms with E-state index in [2.05, 4.69) is 27.8 Å². The van der Waals surface area contributed by atoms with Crippen molar-refractivity contribution in [1.29, 1.82) is 0 Å². The van der Waals surface area contributed by atoms with Crippen LogP contribution in [0.4, 0.5) is 16.2 Å². The predicted octanol–water partition coefficient (Wildman–Crippen LogP) is 6.84. The fourth-order valence-electron chi connectivity index (χ4n) is 4.15. The number of fused-ring (bicyclic) bond motifs is 1. The molecule has 0 bridgehead atoms. The summed E-state index contributed by atoms with van der Waals surface area (Å²) < 4.78 is 16.1. The van der Waals surface area contributed by atoms with Gasteiger partial charge < -0.3 is 24.8 Å². The van der Waals surface area contributed by atoms with E-state index in [9.17, 15) is 4.79 Å². The van der Waals surface area contributed by atoms with Crippen molar-refractivity contribution in [2.75, 3.05) is 32.0 Å². The van der Waals surface area contributed by atoms with Gasteiger partial charge in [-0.2, -0.15) is 0 Å². The van der Waals surface area contributed by atoms with Gasteiger partial charge in [0, 0.05) is 33.7 Å². The molecule has 4 aromatic rings. The molecule has 7 nitrogen and oxygen atoms in total. The van der Waals surface area contributed by atoms with Crippen LogP contribution in [-0.4, -0.2) is 32.3 Å². The third-order valence-electron chi connectivity index (χ3n) is 5.62. The van der Waals surface area contributed by atoms with E-state index in [0.717, 1.165) is 33.2 Å². The molecule has 0 atom stereocenters. The first kappa shape index (κ1) is 24.2. The highest BCUT2D eigenvalue weighted by Gasteiger charge is 2.18. The van der Waals surface area contributed by atoms with Crippen LogP contribution in [0, 0.1) is 13.8 Å². The molecule has 1 aromatic heterocycles. The maximum atomic E-state index is 13.1. The Bertz CT molecular complexity index is 1400. The van der Waals surface area contributed by atoms with E-state index in [0.29, 0.717) is 33.6 Å². The zero-order valence-electron chi connectivity index (χ0n) is 20.2. The lowest BCUT2D eigenvalue weighted by Gasteiger charge is -2.18. The topological polar surface area (TPSA) is 81.7 Å². The van der Waals surface area contributed by atoms with Crippen molar-refractivity contribution in [3.05, 3.63) is 70.9 Å². The molecule has 0 aliphatic carbocycles. The van der Waals surface area contributed by atoms with Crippen LogP contribution in [0.5, 0.6) is 17.2 Å². The van der Waals surface area contributed by atoms with Gasteiger partial charge in [0.1, 0.15) is 0 Å². The molecule has 0 unspecified atom stereocenters. The van der Waals surface area contributed by atoms with E-state index < -0.39 is 6.03 Å². The van der Waals surface area contributed by atoms with Gasteiger partial charge in [0.25, 0.3) is 0 Å². The second-order valence-electron chi connectivity index (χ2n) is 8.00. The number of hydrogen-bond acceptors (Lipinski definition) is 5. The molecule has 4 rings (SSSR count). The van der Waals surface area contributed by atoms with Crippen molar-refractivity contribution in [2.24, 2.45) is 0 Å². The van der Waals surface area contributed by atoms with Crippen LogP contribution < -0.4 is 24.8 Å². The molecule has 0 fully saturated rings. The van der Waals surface area contributed by atoms with Crippen LogP contribution in [0.3, 0.4) is 0 Å². The first-order valence-electron chi connectivity index (χ1n) is 10.9. The molecule has 35 heavy (non-hydrogen) atoms. The van der Waals surface area contributed by atoms with E-state index in [1.165, 1.54) is 21.3 Å². The number of nitrogens with zero attached hydrogens (tertiary/aromatic N) is 1. The van der Waals surface area contributed by atoms with E-state index >= 15 is 0 Å². The molecule has 0 aliphatic heterocycles. The summed E-state index contributed by atoms with van der Waals surface area (Å²) in [6.07, 6.45) is 1.65. The number of rotatable bonds is 6. The molecule has 3 aromatic carbocycles. The molecule has 0 radical (unpaired) electrons. The fraction of sp³-hybridized carbons (Fsp3) is 0.185. The summed E-state index contributed by atoms with van der Waals surface area (Å²) in [6.45, 7) is 4.04. The van der Waals surface area contributed by atoms with Crippen LogP contribution >= 0.6 is 11.6 Å². The normalized spacial score (nSPS) is 10.7.